The zero-order valence-corrected chi connectivity index (χ0v) is 10.8. The number of nitrogens with two attached hydrogens (primary N) is 1. The lowest BCUT2D eigenvalue weighted by molar-refractivity contribution is -0.128. The normalized spacial score (nSPS) is 24.3. The maximum atomic E-state index is 12.0. The van der Waals surface area contributed by atoms with Crippen molar-refractivity contribution >= 4 is 11.7 Å². The molecule has 0 aliphatic heterocycles. The Morgan fingerprint density at radius 2 is 1.83 bits per heavy atom. The van der Waals surface area contributed by atoms with E-state index in [2.05, 4.69) is 10.5 Å². The van der Waals surface area contributed by atoms with Gasteiger partial charge in [0.1, 0.15) is 0 Å². The van der Waals surface area contributed by atoms with Gasteiger partial charge in [0.2, 0.25) is 5.91 Å². The van der Waals surface area contributed by atoms with Crippen LogP contribution in [0.25, 0.3) is 0 Å². The molecule has 1 atom stereocenters. The molecule has 2 aliphatic carbocycles. The van der Waals surface area contributed by atoms with Gasteiger partial charge in [-0.25, -0.2) is 0 Å². The first-order chi connectivity index (χ1) is 8.72. The van der Waals surface area contributed by atoms with Crippen molar-refractivity contribution in [3.8, 4) is 0 Å². The highest BCUT2D eigenvalue weighted by Gasteiger charge is 2.32. The molecule has 1 amide bonds. The van der Waals surface area contributed by atoms with Crippen molar-refractivity contribution in [2.75, 3.05) is 0 Å². The lowest BCUT2D eigenvalue weighted by Crippen LogP contribution is -2.52. The van der Waals surface area contributed by atoms with Crippen LogP contribution >= 0.6 is 0 Å². The maximum Gasteiger partial charge on any atom is 0.223 e. The van der Waals surface area contributed by atoms with Gasteiger partial charge in [-0.3, -0.25) is 4.79 Å². The number of carbonyl (C=O) groups excluding carboxylic acids is 1. The Hall–Kier alpha value is -1.26. The number of nitrogens with one attached hydrogen (secondary N) is 1. The number of amidine groups is 1. The second-order valence-corrected chi connectivity index (χ2v) is 5.54. The minimum atomic E-state index is -0.289. The summed E-state index contributed by atoms with van der Waals surface area (Å²) in [6, 6.07) is -0.289. The maximum absolute atomic E-state index is 12.0. The van der Waals surface area contributed by atoms with Gasteiger partial charge >= 0.3 is 0 Å². The van der Waals surface area contributed by atoms with E-state index in [-0.39, 0.29) is 23.7 Å². The van der Waals surface area contributed by atoms with Gasteiger partial charge in [0.15, 0.2) is 5.84 Å². The standard InChI is InChI=1S/C13H23N3O2/c14-12(16-18)11(9-5-2-1-3-6-9)15-13(17)10-7-4-8-10/h9-11,18H,1-8H2,(H2,14,16)(H,15,17). The zero-order chi connectivity index (χ0) is 13.0. The first-order valence-corrected chi connectivity index (χ1v) is 7.00. The molecule has 1 unspecified atom stereocenters. The van der Waals surface area contributed by atoms with E-state index in [1.54, 1.807) is 0 Å². The molecule has 2 rings (SSSR count). The van der Waals surface area contributed by atoms with Gasteiger partial charge in [-0.05, 0) is 31.6 Å². The summed E-state index contributed by atoms with van der Waals surface area (Å²) in [5, 5.41) is 15.0. The van der Waals surface area contributed by atoms with Gasteiger partial charge in [0.25, 0.3) is 0 Å². The molecule has 4 N–H and O–H groups in total. The molecule has 5 heteroatoms. The van der Waals surface area contributed by atoms with E-state index in [9.17, 15) is 4.79 Å². The van der Waals surface area contributed by atoms with Crippen LogP contribution in [-0.4, -0.2) is 23.0 Å². The average molecular weight is 253 g/mol. The van der Waals surface area contributed by atoms with Gasteiger partial charge < -0.3 is 16.3 Å². The van der Waals surface area contributed by atoms with Crippen molar-refractivity contribution in [2.24, 2.45) is 22.7 Å². The van der Waals surface area contributed by atoms with E-state index in [0.717, 1.165) is 32.1 Å². The first kappa shape index (κ1) is 13.2. The highest BCUT2D eigenvalue weighted by Crippen LogP contribution is 2.29. The summed E-state index contributed by atoms with van der Waals surface area (Å²) in [5.41, 5.74) is 5.74. The fraction of sp³-hybridized carbons (Fsp3) is 0.846. The fourth-order valence-electron chi connectivity index (χ4n) is 2.90. The molecule has 0 aromatic rings. The van der Waals surface area contributed by atoms with E-state index in [1.807, 2.05) is 0 Å². The van der Waals surface area contributed by atoms with Crippen LogP contribution in [0.5, 0.6) is 0 Å². The van der Waals surface area contributed by atoms with Crippen molar-refractivity contribution < 1.29 is 10.0 Å². The quantitative estimate of drug-likeness (QED) is 0.308. The Morgan fingerprint density at radius 1 is 1.17 bits per heavy atom. The van der Waals surface area contributed by atoms with Crippen LogP contribution < -0.4 is 11.1 Å². The lowest BCUT2D eigenvalue weighted by Gasteiger charge is -2.32. The van der Waals surface area contributed by atoms with E-state index in [4.69, 9.17) is 10.9 Å². The van der Waals surface area contributed by atoms with Crippen molar-refractivity contribution in [1.82, 2.24) is 5.32 Å². The molecule has 5 nitrogen and oxygen atoms in total. The fourth-order valence-corrected chi connectivity index (χ4v) is 2.90. The summed E-state index contributed by atoms with van der Waals surface area (Å²) in [6.07, 6.45) is 8.75. The van der Waals surface area contributed by atoms with Gasteiger partial charge in [-0.1, -0.05) is 30.8 Å². The Bertz CT molecular complexity index is 320. The largest absolute Gasteiger partial charge is 0.409 e. The van der Waals surface area contributed by atoms with Gasteiger partial charge in [-0.15, -0.1) is 0 Å². The highest BCUT2D eigenvalue weighted by molar-refractivity contribution is 5.91. The minimum Gasteiger partial charge on any atom is -0.409 e. The summed E-state index contributed by atoms with van der Waals surface area (Å²) < 4.78 is 0. The molecule has 2 aliphatic rings. The Kier molecular flexibility index (Phi) is 4.44. The Labute approximate surface area is 108 Å². The summed E-state index contributed by atoms with van der Waals surface area (Å²) in [6.45, 7) is 0. The molecule has 0 aromatic carbocycles. The molecule has 0 spiro atoms. The third-order valence-electron chi connectivity index (χ3n) is 4.33. The summed E-state index contributed by atoms with van der Waals surface area (Å²) in [4.78, 5) is 12.0. The van der Waals surface area contributed by atoms with Crippen LogP contribution in [0.3, 0.4) is 0 Å². The second kappa shape index (κ2) is 6.07. The van der Waals surface area contributed by atoms with E-state index in [0.29, 0.717) is 5.92 Å². The molecule has 0 radical (unpaired) electrons. The molecule has 0 bridgehead atoms. The van der Waals surface area contributed by atoms with Crippen molar-refractivity contribution in [3.63, 3.8) is 0 Å². The van der Waals surface area contributed by atoms with Crippen LogP contribution in [0.4, 0.5) is 0 Å². The number of hydrogen-bond acceptors (Lipinski definition) is 3. The van der Waals surface area contributed by atoms with Crippen molar-refractivity contribution in [3.05, 3.63) is 0 Å². The molecule has 18 heavy (non-hydrogen) atoms. The van der Waals surface area contributed by atoms with Crippen LogP contribution in [0.1, 0.15) is 51.4 Å². The van der Waals surface area contributed by atoms with Crippen molar-refractivity contribution in [1.29, 1.82) is 0 Å². The third-order valence-corrected chi connectivity index (χ3v) is 4.33. The SMILES string of the molecule is N/C(=N\O)C(NC(=O)C1CCC1)C1CCCCC1. The smallest absolute Gasteiger partial charge is 0.223 e. The highest BCUT2D eigenvalue weighted by atomic mass is 16.4. The van der Waals surface area contributed by atoms with Crippen LogP contribution in [0.15, 0.2) is 5.16 Å². The van der Waals surface area contributed by atoms with E-state index < -0.39 is 0 Å². The Balaban J connectivity index is 1.97. The van der Waals surface area contributed by atoms with Gasteiger partial charge in [-0.2, -0.15) is 0 Å². The van der Waals surface area contributed by atoms with E-state index in [1.165, 1.54) is 19.3 Å². The second-order valence-electron chi connectivity index (χ2n) is 5.54. The summed E-state index contributed by atoms with van der Waals surface area (Å²) >= 11 is 0. The Morgan fingerprint density at radius 3 is 2.33 bits per heavy atom. The van der Waals surface area contributed by atoms with Gasteiger partial charge in [0.05, 0.1) is 6.04 Å². The molecule has 0 heterocycles. The number of hydrogen-bond donors (Lipinski definition) is 3. The molecule has 102 valence electrons. The van der Waals surface area contributed by atoms with Crippen molar-refractivity contribution in [2.45, 2.75) is 57.4 Å². The number of nitrogens with zero attached hydrogens (tertiary/aromatic N) is 1. The monoisotopic (exact) mass is 253 g/mol. The van der Waals surface area contributed by atoms with Gasteiger partial charge in [0, 0.05) is 5.92 Å². The summed E-state index contributed by atoms with van der Waals surface area (Å²) in [5.74, 6) is 0.680. The molecule has 0 aromatic heterocycles. The first-order valence-electron chi connectivity index (χ1n) is 7.00. The number of amides is 1. The number of rotatable bonds is 4. The zero-order valence-electron chi connectivity index (χ0n) is 10.8. The average Bonchev–Trinajstić information content (AvgIpc) is 2.34. The molecule has 2 fully saturated rings. The van der Waals surface area contributed by atoms with Crippen LogP contribution in [-0.2, 0) is 4.79 Å². The third kappa shape index (κ3) is 2.94. The van der Waals surface area contributed by atoms with Crippen LogP contribution in [0, 0.1) is 11.8 Å². The predicted octanol–water partition coefficient (Wildman–Crippen LogP) is 1.60. The molecule has 2 saturated carbocycles. The number of oxime groups is 1. The lowest BCUT2D eigenvalue weighted by atomic mass is 9.81. The topological polar surface area (TPSA) is 87.7 Å². The molecular weight excluding hydrogens is 230 g/mol. The molecule has 0 saturated heterocycles. The minimum absolute atomic E-state index is 0.0726. The molecular formula is C13H23N3O2. The van der Waals surface area contributed by atoms with E-state index >= 15 is 0 Å². The summed E-state index contributed by atoms with van der Waals surface area (Å²) in [7, 11) is 0. The predicted molar refractivity (Wildman–Crippen MR) is 69.3 cm³/mol. The number of carbonyl (C=O) groups is 1. The van der Waals surface area contributed by atoms with Crippen LogP contribution in [0.2, 0.25) is 0 Å².